The number of ether oxygens (including phenoxy) is 1. The van der Waals surface area contributed by atoms with Gasteiger partial charge in [0.25, 0.3) is 6.47 Å². The highest BCUT2D eigenvalue weighted by Crippen LogP contribution is 2.38. The molecule has 0 aromatic heterocycles. The predicted molar refractivity (Wildman–Crippen MR) is 145 cm³/mol. The molecule has 6 unspecified atom stereocenters. The molecule has 1 saturated heterocycles. The SMILES string of the molecule is CCCC(C)(C)C(=O)CC(O)[C@@H](C)CCCC1C(CC(OC=O)/C(C)=C/C2=CSC(N)N2)N1CCO. The summed E-state index contributed by atoms with van der Waals surface area (Å²) in [5.74, 6) is 0.177. The number of nitrogens with two attached hydrogens (primary N) is 1. The lowest BCUT2D eigenvalue weighted by Gasteiger charge is -2.26. The minimum Gasteiger partial charge on any atom is -0.460 e. The number of nitrogens with one attached hydrogen (secondary N) is 1. The van der Waals surface area contributed by atoms with Gasteiger partial charge in [0.15, 0.2) is 0 Å². The average molecular weight is 526 g/mol. The number of nitrogens with zero attached hydrogens (tertiary/aromatic N) is 1. The number of rotatable bonds is 18. The number of carbonyl (C=O) groups excluding carboxylic acids is 2. The summed E-state index contributed by atoms with van der Waals surface area (Å²) in [6, 6.07) is 0.536. The maximum atomic E-state index is 12.6. The Hall–Kier alpha value is -1.39. The van der Waals surface area contributed by atoms with E-state index in [-0.39, 0.29) is 47.8 Å². The van der Waals surface area contributed by atoms with Crippen molar-refractivity contribution in [3.63, 3.8) is 0 Å². The Labute approximate surface area is 221 Å². The van der Waals surface area contributed by atoms with Crippen LogP contribution in [0, 0.1) is 11.3 Å². The Balaban J connectivity index is 1.86. The summed E-state index contributed by atoms with van der Waals surface area (Å²) in [7, 11) is 0. The molecule has 7 atom stereocenters. The van der Waals surface area contributed by atoms with E-state index in [4.69, 9.17) is 10.5 Å². The lowest BCUT2D eigenvalue weighted by atomic mass is 9.79. The summed E-state index contributed by atoms with van der Waals surface area (Å²) < 4.78 is 5.43. The molecule has 8 nitrogen and oxygen atoms in total. The number of ketones is 1. The Morgan fingerprint density at radius 2 is 2.11 bits per heavy atom. The second-order valence-electron chi connectivity index (χ2n) is 11.0. The first-order valence-electron chi connectivity index (χ1n) is 13.3. The van der Waals surface area contributed by atoms with Crippen molar-refractivity contribution in [2.75, 3.05) is 13.2 Å². The topological polar surface area (TPSA) is 125 Å². The highest BCUT2D eigenvalue weighted by molar-refractivity contribution is 8.02. The van der Waals surface area contributed by atoms with E-state index in [1.54, 1.807) is 0 Å². The molecule has 0 saturated carbocycles. The molecular weight excluding hydrogens is 478 g/mol. The largest absolute Gasteiger partial charge is 0.460 e. The van der Waals surface area contributed by atoms with Crippen molar-refractivity contribution >= 4 is 24.0 Å². The number of β-amino-alcohol motifs (C(OH)–C–C–N with tert-alkyl or cyclic N) is 1. The Morgan fingerprint density at radius 1 is 1.39 bits per heavy atom. The molecule has 2 heterocycles. The quantitative estimate of drug-likeness (QED) is 0.158. The molecule has 0 bridgehead atoms. The van der Waals surface area contributed by atoms with Crippen LogP contribution in [-0.4, -0.2) is 70.3 Å². The van der Waals surface area contributed by atoms with Crippen molar-refractivity contribution in [3.05, 3.63) is 22.8 Å². The number of carbonyl (C=O) groups is 2. The molecule has 0 aliphatic carbocycles. The van der Waals surface area contributed by atoms with Crippen molar-refractivity contribution < 1.29 is 24.5 Å². The molecule has 0 amide bonds. The summed E-state index contributed by atoms with van der Waals surface area (Å²) in [6.07, 6.45) is 6.35. The first-order chi connectivity index (χ1) is 17.0. The van der Waals surface area contributed by atoms with Crippen molar-refractivity contribution in [2.24, 2.45) is 17.1 Å². The molecule has 0 aromatic carbocycles. The van der Waals surface area contributed by atoms with Crippen LogP contribution in [0.3, 0.4) is 0 Å². The summed E-state index contributed by atoms with van der Waals surface area (Å²) in [5, 5.41) is 25.2. The zero-order chi connectivity index (χ0) is 26.9. The Kier molecular flexibility index (Phi) is 12.4. The fraction of sp³-hybridized carbons (Fsp3) is 0.778. The van der Waals surface area contributed by atoms with E-state index in [0.29, 0.717) is 25.5 Å². The van der Waals surface area contributed by atoms with Gasteiger partial charge >= 0.3 is 0 Å². The van der Waals surface area contributed by atoms with E-state index < -0.39 is 6.10 Å². The van der Waals surface area contributed by atoms with Gasteiger partial charge in [-0.3, -0.25) is 14.5 Å². The molecule has 206 valence electrons. The van der Waals surface area contributed by atoms with Crippen LogP contribution in [0.15, 0.2) is 22.8 Å². The minimum atomic E-state index is -0.625. The molecule has 0 aromatic rings. The Bertz CT molecular complexity index is 787. The summed E-state index contributed by atoms with van der Waals surface area (Å²) in [5.41, 5.74) is 7.16. The smallest absolute Gasteiger partial charge is 0.293 e. The number of hydrogen-bond acceptors (Lipinski definition) is 9. The molecule has 2 rings (SSSR count). The molecule has 36 heavy (non-hydrogen) atoms. The van der Waals surface area contributed by atoms with Gasteiger partial charge in [0.2, 0.25) is 0 Å². The molecule has 1 fully saturated rings. The number of hydrogen-bond donors (Lipinski definition) is 4. The minimum absolute atomic E-state index is 0.0441. The third-order valence-electron chi connectivity index (χ3n) is 7.62. The second kappa shape index (κ2) is 14.5. The van der Waals surface area contributed by atoms with Gasteiger partial charge in [-0.05, 0) is 49.2 Å². The Morgan fingerprint density at radius 3 is 2.69 bits per heavy atom. The highest BCUT2D eigenvalue weighted by atomic mass is 32.2. The fourth-order valence-electron chi connectivity index (χ4n) is 5.19. The summed E-state index contributed by atoms with van der Waals surface area (Å²) in [4.78, 5) is 26.0. The fourth-order valence-corrected chi connectivity index (χ4v) is 5.82. The lowest BCUT2D eigenvalue weighted by molar-refractivity contribution is -0.132. The van der Waals surface area contributed by atoms with E-state index >= 15 is 0 Å². The third-order valence-corrected chi connectivity index (χ3v) is 8.42. The molecule has 0 radical (unpaired) electrons. The van der Waals surface area contributed by atoms with Gasteiger partial charge in [-0.25, -0.2) is 0 Å². The van der Waals surface area contributed by atoms with Crippen LogP contribution in [0.5, 0.6) is 0 Å². The van der Waals surface area contributed by atoms with Crippen LogP contribution >= 0.6 is 11.8 Å². The maximum Gasteiger partial charge on any atom is 0.293 e. The van der Waals surface area contributed by atoms with Gasteiger partial charge < -0.3 is 26.0 Å². The van der Waals surface area contributed by atoms with Gasteiger partial charge in [0.1, 0.15) is 17.4 Å². The first kappa shape index (κ1) is 30.8. The summed E-state index contributed by atoms with van der Waals surface area (Å²) >= 11 is 1.50. The highest BCUT2D eigenvalue weighted by Gasteiger charge is 2.47. The van der Waals surface area contributed by atoms with Gasteiger partial charge in [-0.1, -0.05) is 52.3 Å². The van der Waals surface area contributed by atoms with E-state index in [1.807, 2.05) is 39.2 Å². The predicted octanol–water partition coefficient (Wildman–Crippen LogP) is 3.28. The van der Waals surface area contributed by atoms with Crippen LogP contribution in [-0.2, 0) is 14.3 Å². The van der Waals surface area contributed by atoms with E-state index in [0.717, 1.165) is 43.4 Å². The normalized spacial score (nSPS) is 26.6. The standard InChI is InChI=1S/C27H47N3O5S/c1-6-10-27(4,5)25(34)15-23(33)18(2)8-7-9-21-22(30(21)11-12-31)14-24(35-17-32)19(3)13-20-16-36-26(28)29-20/h13,16-18,21-24,26,29,31,33H,6-12,14-15,28H2,1-5H3/b19-13+/t18-,21?,22?,23?,24?,26?,30?/m0/s1. The van der Waals surface area contributed by atoms with E-state index in [2.05, 4.69) is 17.1 Å². The number of allylic oxidation sites excluding steroid dienone is 1. The van der Waals surface area contributed by atoms with Crippen molar-refractivity contribution in [1.29, 1.82) is 0 Å². The van der Waals surface area contributed by atoms with Crippen molar-refractivity contribution in [2.45, 2.75) is 109 Å². The molecule has 2 aliphatic rings. The van der Waals surface area contributed by atoms with Gasteiger partial charge in [-0.2, -0.15) is 0 Å². The average Bonchev–Trinajstić information content (AvgIpc) is 3.27. The molecule has 2 aliphatic heterocycles. The van der Waals surface area contributed by atoms with Gasteiger partial charge in [0.05, 0.1) is 12.7 Å². The van der Waals surface area contributed by atoms with Crippen LogP contribution in [0.1, 0.15) is 79.6 Å². The molecule has 9 heteroatoms. The van der Waals surface area contributed by atoms with E-state index in [1.165, 1.54) is 11.8 Å². The van der Waals surface area contributed by atoms with Gasteiger partial charge in [-0.15, -0.1) is 0 Å². The summed E-state index contributed by atoms with van der Waals surface area (Å²) in [6.45, 7) is 11.1. The second-order valence-corrected chi connectivity index (χ2v) is 12.0. The maximum absolute atomic E-state index is 12.6. The number of thioether (sulfide) groups is 1. The zero-order valence-electron chi connectivity index (χ0n) is 22.6. The van der Waals surface area contributed by atoms with Crippen LogP contribution in [0.2, 0.25) is 0 Å². The monoisotopic (exact) mass is 525 g/mol. The van der Waals surface area contributed by atoms with Crippen molar-refractivity contribution in [1.82, 2.24) is 10.2 Å². The number of aliphatic hydroxyl groups excluding tert-OH is 2. The number of aliphatic hydroxyl groups is 2. The van der Waals surface area contributed by atoms with Gasteiger partial charge in [0, 0.05) is 42.6 Å². The molecular formula is C27H47N3O5S. The first-order valence-corrected chi connectivity index (χ1v) is 14.2. The third kappa shape index (κ3) is 9.17. The molecule has 5 N–H and O–H groups in total. The van der Waals surface area contributed by atoms with Crippen LogP contribution < -0.4 is 11.1 Å². The lowest BCUT2D eigenvalue weighted by Crippen LogP contribution is -2.30. The number of Topliss-reactive ketones (excluding diaryl/α,β-unsaturated/α-hetero) is 1. The van der Waals surface area contributed by atoms with Crippen molar-refractivity contribution in [3.8, 4) is 0 Å². The zero-order valence-corrected chi connectivity index (χ0v) is 23.4. The molecule has 0 spiro atoms. The van der Waals surface area contributed by atoms with Crippen LogP contribution in [0.4, 0.5) is 0 Å². The van der Waals surface area contributed by atoms with Crippen LogP contribution in [0.25, 0.3) is 0 Å². The van der Waals surface area contributed by atoms with E-state index in [9.17, 15) is 19.8 Å².